The van der Waals surface area contributed by atoms with E-state index in [9.17, 15) is 9.90 Å². The summed E-state index contributed by atoms with van der Waals surface area (Å²) in [6.07, 6.45) is -2.57. The number of aliphatic hydroxyl groups is 1. The molecule has 0 saturated carbocycles. The number of esters is 1. The smallest absolute Gasteiger partial charge is 0.302 e. The van der Waals surface area contributed by atoms with Gasteiger partial charge in [0.15, 0.2) is 6.29 Å². The molecular formula is C22H26O6. The van der Waals surface area contributed by atoms with Crippen molar-refractivity contribution in [2.24, 2.45) is 0 Å². The summed E-state index contributed by atoms with van der Waals surface area (Å²) < 4.78 is 22.9. The van der Waals surface area contributed by atoms with Gasteiger partial charge in [0.2, 0.25) is 0 Å². The molecule has 1 fully saturated rings. The first-order chi connectivity index (χ1) is 13.6. The Morgan fingerprint density at radius 1 is 1.04 bits per heavy atom. The number of carbonyl (C=O) groups excluding carboxylic acids is 1. The molecular weight excluding hydrogens is 360 g/mol. The number of carbonyl (C=O) groups is 1. The molecule has 1 N–H and O–H groups in total. The van der Waals surface area contributed by atoms with E-state index in [0.29, 0.717) is 13.2 Å². The second-order valence-electron chi connectivity index (χ2n) is 6.77. The average Bonchev–Trinajstić information content (AvgIpc) is 2.68. The molecule has 0 radical (unpaired) electrons. The monoisotopic (exact) mass is 386 g/mol. The van der Waals surface area contributed by atoms with Gasteiger partial charge in [0.05, 0.1) is 19.8 Å². The lowest BCUT2D eigenvalue weighted by Gasteiger charge is -2.39. The molecule has 6 nitrogen and oxygen atoms in total. The number of hydrogen-bond donors (Lipinski definition) is 1. The van der Waals surface area contributed by atoms with E-state index in [1.807, 2.05) is 60.7 Å². The molecule has 2 aromatic rings. The van der Waals surface area contributed by atoms with Gasteiger partial charge in [-0.25, -0.2) is 0 Å². The van der Waals surface area contributed by atoms with Crippen LogP contribution in [0.4, 0.5) is 0 Å². The molecule has 1 aliphatic rings. The quantitative estimate of drug-likeness (QED) is 0.704. The Labute approximate surface area is 165 Å². The van der Waals surface area contributed by atoms with Gasteiger partial charge in [-0.3, -0.25) is 4.79 Å². The predicted molar refractivity (Wildman–Crippen MR) is 102 cm³/mol. The van der Waals surface area contributed by atoms with Crippen LogP contribution in [0.1, 0.15) is 24.5 Å². The fourth-order valence-corrected chi connectivity index (χ4v) is 3.22. The Hall–Kier alpha value is -2.25. The highest BCUT2D eigenvalue weighted by molar-refractivity contribution is 5.66. The van der Waals surface area contributed by atoms with Crippen molar-refractivity contribution in [2.75, 3.05) is 6.61 Å². The lowest BCUT2D eigenvalue weighted by molar-refractivity contribution is -0.260. The molecule has 28 heavy (non-hydrogen) atoms. The van der Waals surface area contributed by atoms with Gasteiger partial charge >= 0.3 is 5.97 Å². The molecule has 3 rings (SSSR count). The molecule has 2 aromatic carbocycles. The van der Waals surface area contributed by atoms with E-state index in [2.05, 4.69) is 0 Å². The largest absolute Gasteiger partial charge is 0.459 e. The van der Waals surface area contributed by atoms with Crippen molar-refractivity contribution in [3.63, 3.8) is 0 Å². The van der Waals surface area contributed by atoms with Crippen molar-refractivity contribution in [1.82, 2.24) is 0 Å². The Balaban J connectivity index is 1.64. The molecule has 6 heteroatoms. The summed E-state index contributed by atoms with van der Waals surface area (Å²) in [5.74, 6) is -0.420. The third-order valence-corrected chi connectivity index (χ3v) is 4.49. The Morgan fingerprint density at radius 3 is 2.25 bits per heavy atom. The van der Waals surface area contributed by atoms with Crippen LogP contribution in [-0.4, -0.2) is 42.3 Å². The van der Waals surface area contributed by atoms with Crippen LogP contribution < -0.4 is 0 Å². The predicted octanol–water partition coefficient (Wildman–Crippen LogP) is 2.83. The highest BCUT2D eigenvalue weighted by atomic mass is 16.7. The van der Waals surface area contributed by atoms with E-state index in [1.165, 1.54) is 6.92 Å². The Kier molecular flexibility index (Phi) is 7.56. The summed E-state index contributed by atoms with van der Waals surface area (Å²) in [5.41, 5.74) is 2.04. The molecule has 4 atom stereocenters. The molecule has 0 spiro atoms. The highest BCUT2D eigenvalue weighted by Crippen LogP contribution is 2.26. The van der Waals surface area contributed by atoms with Gasteiger partial charge in [-0.05, 0) is 11.1 Å². The summed E-state index contributed by atoms with van der Waals surface area (Å²) in [6, 6.07) is 19.5. The molecule has 1 saturated heterocycles. The maximum absolute atomic E-state index is 11.5. The van der Waals surface area contributed by atoms with Crippen LogP contribution in [0.2, 0.25) is 0 Å². The van der Waals surface area contributed by atoms with E-state index < -0.39 is 30.6 Å². The second-order valence-corrected chi connectivity index (χ2v) is 6.77. The first kappa shape index (κ1) is 20.5. The molecule has 1 unspecified atom stereocenters. The molecule has 1 aliphatic heterocycles. The normalized spacial score (nSPS) is 24.6. The number of aliphatic hydroxyl groups excluding tert-OH is 1. The van der Waals surface area contributed by atoms with Crippen molar-refractivity contribution < 1.29 is 28.8 Å². The van der Waals surface area contributed by atoms with Gasteiger partial charge in [0.1, 0.15) is 18.3 Å². The maximum atomic E-state index is 11.5. The van der Waals surface area contributed by atoms with Crippen LogP contribution in [0, 0.1) is 0 Å². The van der Waals surface area contributed by atoms with Crippen LogP contribution >= 0.6 is 0 Å². The SMILES string of the molecule is CC(=O)O[C@@H]1CC(O)O[C@H](COCc2ccccc2)[C@H]1OCc1ccccc1. The van der Waals surface area contributed by atoms with Crippen LogP contribution in [0.25, 0.3) is 0 Å². The topological polar surface area (TPSA) is 74.2 Å². The van der Waals surface area contributed by atoms with Gasteiger partial charge in [-0.1, -0.05) is 60.7 Å². The van der Waals surface area contributed by atoms with Gasteiger partial charge in [0.25, 0.3) is 0 Å². The zero-order chi connectivity index (χ0) is 19.8. The molecule has 0 bridgehead atoms. The number of hydrogen-bond acceptors (Lipinski definition) is 6. The molecule has 0 aliphatic carbocycles. The van der Waals surface area contributed by atoms with Crippen molar-refractivity contribution in [1.29, 1.82) is 0 Å². The van der Waals surface area contributed by atoms with Crippen LogP contribution in [0.3, 0.4) is 0 Å². The fraction of sp³-hybridized carbons (Fsp3) is 0.409. The first-order valence-corrected chi connectivity index (χ1v) is 9.40. The maximum Gasteiger partial charge on any atom is 0.302 e. The highest BCUT2D eigenvalue weighted by Gasteiger charge is 2.41. The molecule has 1 heterocycles. The minimum absolute atomic E-state index is 0.161. The standard InChI is InChI=1S/C22H26O6/c1-16(23)27-19-12-21(24)28-20(15-25-13-17-8-4-2-5-9-17)22(19)26-14-18-10-6-3-7-11-18/h2-11,19-22,24H,12-15H2,1H3/t19-,20-,21?,22+/m1/s1. The third-order valence-electron chi connectivity index (χ3n) is 4.49. The number of rotatable bonds is 8. The Bertz CT molecular complexity index is 720. The van der Waals surface area contributed by atoms with E-state index in [-0.39, 0.29) is 13.0 Å². The second kappa shape index (κ2) is 10.3. The summed E-state index contributed by atoms with van der Waals surface area (Å²) in [4.78, 5) is 11.5. The minimum Gasteiger partial charge on any atom is -0.459 e. The summed E-state index contributed by atoms with van der Waals surface area (Å²) in [6.45, 7) is 2.32. The molecule has 0 amide bonds. The minimum atomic E-state index is -1.04. The van der Waals surface area contributed by atoms with E-state index >= 15 is 0 Å². The van der Waals surface area contributed by atoms with E-state index in [1.54, 1.807) is 0 Å². The Morgan fingerprint density at radius 2 is 1.64 bits per heavy atom. The zero-order valence-electron chi connectivity index (χ0n) is 15.9. The van der Waals surface area contributed by atoms with E-state index in [0.717, 1.165) is 11.1 Å². The third kappa shape index (κ3) is 6.14. The lowest BCUT2D eigenvalue weighted by atomic mass is 10.0. The zero-order valence-corrected chi connectivity index (χ0v) is 15.9. The fourth-order valence-electron chi connectivity index (χ4n) is 3.22. The first-order valence-electron chi connectivity index (χ1n) is 9.40. The summed E-state index contributed by atoms with van der Waals surface area (Å²) >= 11 is 0. The van der Waals surface area contributed by atoms with Gasteiger partial charge in [-0.2, -0.15) is 0 Å². The van der Waals surface area contributed by atoms with Crippen molar-refractivity contribution in [2.45, 2.75) is 51.2 Å². The summed E-state index contributed by atoms with van der Waals surface area (Å²) in [7, 11) is 0. The van der Waals surface area contributed by atoms with Crippen LogP contribution in [0.5, 0.6) is 0 Å². The molecule has 150 valence electrons. The number of benzene rings is 2. The van der Waals surface area contributed by atoms with Gasteiger partial charge in [0, 0.05) is 13.3 Å². The molecule has 0 aromatic heterocycles. The number of ether oxygens (including phenoxy) is 4. The van der Waals surface area contributed by atoms with Crippen LogP contribution in [-0.2, 0) is 37.0 Å². The van der Waals surface area contributed by atoms with Crippen molar-refractivity contribution in [3.05, 3.63) is 71.8 Å². The van der Waals surface area contributed by atoms with E-state index in [4.69, 9.17) is 18.9 Å². The summed E-state index contributed by atoms with van der Waals surface area (Å²) in [5, 5.41) is 10.1. The van der Waals surface area contributed by atoms with Gasteiger partial charge in [-0.15, -0.1) is 0 Å². The van der Waals surface area contributed by atoms with Crippen LogP contribution in [0.15, 0.2) is 60.7 Å². The lowest BCUT2D eigenvalue weighted by Crippen LogP contribution is -2.52. The average molecular weight is 386 g/mol. The van der Waals surface area contributed by atoms with Gasteiger partial charge < -0.3 is 24.1 Å². The van der Waals surface area contributed by atoms with Crippen molar-refractivity contribution in [3.8, 4) is 0 Å². The van der Waals surface area contributed by atoms with Crippen molar-refractivity contribution >= 4 is 5.97 Å².